The highest BCUT2D eigenvalue weighted by molar-refractivity contribution is 5.95. The number of aryl methyl sites for hydroxylation is 1. The molecule has 1 aliphatic rings. The lowest BCUT2D eigenvalue weighted by molar-refractivity contribution is -0.117. The lowest BCUT2D eigenvalue weighted by Crippen LogP contribution is -2.23. The Bertz CT molecular complexity index is 415. The van der Waals surface area contributed by atoms with Crippen molar-refractivity contribution in [3.63, 3.8) is 0 Å². The number of nitrogens with two attached hydrogens (primary N) is 1. The number of unbranched alkanes of at least 4 members (excludes halogenated alkanes) is 1. The highest BCUT2D eigenvalue weighted by Gasteiger charge is 2.21. The molecule has 17 heavy (non-hydrogen) atoms. The van der Waals surface area contributed by atoms with Crippen LogP contribution in [-0.2, 0) is 11.2 Å². The zero-order valence-electron chi connectivity index (χ0n) is 10.4. The molecule has 0 atom stereocenters. The summed E-state index contributed by atoms with van der Waals surface area (Å²) >= 11 is 0. The number of hydrogen-bond acceptors (Lipinski definition) is 2. The fourth-order valence-electron chi connectivity index (χ4n) is 2.27. The first-order valence-electron chi connectivity index (χ1n) is 6.41. The molecule has 0 unspecified atom stereocenters. The van der Waals surface area contributed by atoms with Gasteiger partial charge in [-0.3, -0.25) is 4.79 Å². The molecule has 92 valence electrons. The van der Waals surface area contributed by atoms with Crippen molar-refractivity contribution in [2.75, 3.05) is 17.2 Å². The maximum atomic E-state index is 11.6. The van der Waals surface area contributed by atoms with Gasteiger partial charge in [0.1, 0.15) is 0 Å². The highest BCUT2D eigenvalue weighted by atomic mass is 16.2. The second kappa shape index (κ2) is 5.21. The van der Waals surface area contributed by atoms with E-state index < -0.39 is 0 Å². The number of hydrogen-bond donors (Lipinski definition) is 1. The first kappa shape index (κ1) is 12.0. The number of nitrogens with zero attached hydrogens (tertiary/aromatic N) is 1. The van der Waals surface area contributed by atoms with Gasteiger partial charge in [0.15, 0.2) is 0 Å². The largest absolute Gasteiger partial charge is 0.398 e. The summed E-state index contributed by atoms with van der Waals surface area (Å²) in [4.78, 5) is 13.5. The van der Waals surface area contributed by atoms with E-state index in [0.29, 0.717) is 6.42 Å². The molecule has 3 nitrogen and oxygen atoms in total. The van der Waals surface area contributed by atoms with Gasteiger partial charge in [-0.25, -0.2) is 0 Å². The first-order chi connectivity index (χ1) is 8.22. The van der Waals surface area contributed by atoms with Gasteiger partial charge in [0, 0.05) is 24.3 Å². The summed E-state index contributed by atoms with van der Waals surface area (Å²) in [6, 6.07) is 6.02. The summed E-state index contributed by atoms with van der Waals surface area (Å²) in [5.41, 5.74) is 9.00. The summed E-state index contributed by atoms with van der Waals surface area (Å²) in [7, 11) is 0. The molecule has 2 rings (SSSR count). The standard InChI is InChI=1S/C14H20N2O/c1-2-3-5-11-7-8-12(10-13(11)15)16-9-4-6-14(16)17/h7-8,10H,2-6,9,15H2,1H3. The molecule has 1 saturated heterocycles. The van der Waals surface area contributed by atoms with Gasteiger partial charge in [-0.1, -0.05) is 19.4 Å². The predicted molar refractivity (Wildman–Crippen MR) is 71.1 cm³/mol. The third-order valence-electron chi connectivity index (χ3n) is 3.31. The molecular formula is C14H20N2O. The average molecular weight is 232 g/mol. The van der Waals surface area contributed by atoms with E-state index in [2.05, 4.69) is 13.0 Å². The van der Waals surface area contributed by atoms with E-state index in [9.17, 15) is 4.79 Å². The van der Waals surface area contributed by atoms with Crippen molar-refractivity contribution in [3.05, 3.63) is 23.8 Å². The maximum Gasteiger partial charge on any atom is 0.227 e. The van der Waals surface area contributed by atoms with Gasteiger partial charge in [-0.2, -0.15) is 0 Å². The number of anilines is 2. The third kappa shape index (κ3) is 2.60. The van der Waals surface area contributed by atoms with Crippen LogP contribution in [0.3, 0.4) is 0 Å². The molecule has 1 amide bonds. The Morgan fingerprint density at radius 2 is 2.24 bits per heavy atom. The third-order valence-corrected chi connectivity index (χ3v) is 3.31. The van der Waals surface area contributed by atoms with Gasteiger partial charge in [-0.15, -0.1) is 0 Å². The van der Waals surface area contributed by atoms with E-state index in [0.717, 1.165) is 37.2 Å². The quantitative estimate of drug-likeness (QED) is 0.811. The van der Waals surface area contributed by atoms with Crippen molar-refractivity contribution in [1.82, 2.24) is 0 Å². The Morgan fingerprint density at radius 3 is 2.82 bits per heavy atom. The number of amides is 1. The Balaban J connectivity index is 2.15. The molecule has 1 aliphatic heterocycles. The second-order valence-electron chi connectivity index (χ2n) is 4.64. The van der Waals surface area contributed by atoms with Gasteiger partial charge in [0.05, 0.1) is 0 Å². The first-order valence-corrected chi connectivity index (χ1v) is 6.41. The molecule has 1 aromatic carbocycles. The lowest BCUT2D eigenvalue weighted by atomic mass is 10.1. The van der Waals surface area contributed by atoms with Crippen molar-refractivity contribution < 1.29 is 4.79 Å². The molecule has 0 bridgehead atoms. The molecule has 3 heteroatoms. The SMILES string of the molecule is CCCCc1ccc(N2CCCC2=O)cc1N. The van der Waals surface area contributed by atoms with Crippen molar-refractivity contribution >= 4 is 17.3 Å². The summed E-state index contributed by atoms with van der Waals surface area (Å²) in [5.74, 6) is 0.214. The summed E-state index contributed by atoms with van der Waals surface area (Å²) in [5, 5.41) is 0. The van der Waals surface area contributed by atoms with Crippen LogP contribution in [0.15, 0.2) is 18.2 Å². The smallest absolute Gasteiger partial charge is 0.227 e. The predicted octanol–water partition coefficient (Wildman–Crippen LogP) is 2.74. The molecule has 2 N–H and O–H groups in total. The van der Waals surface area contributed by atoms with Crippen LogP contribution in [-0.4, -0.2) is 12.5 Å². The number of nitrogen functional groups attached to an aromatic ring is 1. The van der Waals surface area contributed by atoms with Gasteiger partial charge in [-0.05, 0) is 37.0 Å². The molecule has 0 aromatic heterocycles. The summed E-state index contributed by atoms with van der Waals surface area (Å²) < 4.78 is 0. The van der Waals surface area contributed by atoms with Crippen LogP contribution in [0, 0.1) is 0 Å². The van der Waals surface area contributed by atoms with E-state index in [1.807, 2.05) is 17.0 Å². The van der Waals surface area contributed by atoms with Gasteiger partial charge < -0.3 is 10.6 Å². The second-order valence-corrected chi connectivity index (χ2v) is 4.64. The van der Waals surface area contributed by atoms with Crippen LogP contribution < -0.4 is 10.6 Å². The summed E-state index contributed by atoms with van der Waals surface area (Å²) in [6.45, 7) is 3.00. The minimum absolute atomic E-state index is 0.214. The molecule has 0 spiro atoms. The van der Waals surface area contributed by atoms with Crippen LogP contribution in [0.5, 0.6) is 0 Å². The minimum atomic E-state index is 0.214. The number of carbonyl (C=O) groups is 1. The van der Waals surface area contributed by atoms with E-state index in [1.165, 1.54) is 12.0 Å². The molecule has 1 fully saturated rings. The zero-order chi connectivity index (χ0) is 12.3. The van der Waals surface area contributed by atoms with E-state index in [1.54, 1.807) is 0 Å². The Hall–Kier alpha value is -1.51. The number of carbonyl (C=O) groups excluding carboxylic acids is 1. The van der Waals surface area contributed by atoms with E-state index in [4.69, 9.17) is 5.73 Å². The van der Waals surface area contributed by atoms with Crippen molar-refractivity contribution in [2.45, 2.75) is 39.0 Å². The maximum absolute atomic E-state index is 11.6. The van der Waals surface area contributed by atoms with Crippen molar-refractivity contribution in [2.24, 2.45) is 0 Å². The van der Waals surface area contributed by atoms with Crippen LogP contribution in [0.1, 0.15) is 38.2 Å². The molecule has 0 saturated carbocycles. The Morgan fingerprint density at radius 1 is 1.41 bits per heavy atom. The van der Waals surface area contributed by atoms with Crippen LogP contribution >= 0.6 is 0 Å². The highest BCUT2D eigenvalue weighted by Crippen LogP contribution is 2.26. The fraction of sp³-hybridized carbons (Fsp3) is 0.500. The van der Waals surface area contributed by atoms with Crippen LogP contribution in [0.2, 0.25) is 0 Å². The van der Waals surface area contributed by atoms with Crippen LogP contribution in [0.4, 0.5) is 11.4 Å². The molecule has 0 aliphatic carbocycles. The number of benzene rings is 1. The van der Waals surface area contributed by atoms with Gasteiger partial charge in [0.25, 0.3) is 0 Å². The van der Waals surface area contributed by atoms with Crippen molar-refractivity contribution in [3.8, 4) is 0 Å². The van der Waals surface area contributed by atoms with Crippen molar-refractivity contribution in [1.29, 1.82) is 0 Å². The molecule has 0 radical (unpaired) electrons. The Kier molecular flexibility index (Phi) is 3.67. The topological polar surface area (TPSA) is 46.3 Å². The molecule has 1 heterocycles. The van der Waals surface area contributed by atoms with Gasteiger partial charge >= 0.3 is 0 Å². The minimum Gasteiger partial charge on any atom is -0.398 e. The van der Waals surface area contributed by atoms with E-state index >= 15 is 0 Å². The molecular weight excluding hydrogens is 212 g/mol. The fourth-order valence-corrected chi connectivity index (χ4v) is 2.27. The average Bonchev–Trinajstić information content (AvgIpc) is 2.74. The van der Waals surface area contributed by atoms with Crippen LogP contribution in [0.25, 0.3) is 0 Å². The Labute approximate surface area is 103 Å². The number of rotatable bonds is 4. The molecule has 1 aromatic rings. The lowest BCUT2D eigenvalue weighted by Gasteiger charge is -2.17. The summed E-state index contributed by atoms with van der Waals surface area (Å²) in [6.07, 6.45) is 4.97. The normalized spacial score (nSPS) is 15.6. The van der Waals surface area contributed by atoms with Gasteiger partial charge in [0.2, 0.25) is 5.91 Å². The zero-order valence-corrected chi connectivity index (χ0v) is 10.4. The van der Waals surface area contributed by atoms with E-state index in [-0.39, 0.29) is 5.91 Å². The monoisotopic (exact) mass is 232 g/mol.